The lowest BCUT2D eigenvalue weighted by atomic mass is 9.86. The van der Waals surface area contributed by atoms with Gasteiger partial charge in [0.1, 0.15) is 7.85 Å². The Kier molecular flexibility index (Phi) is 4.28. The minimum atomic E-state index is -0.554. The van der Waals surface area contributed by atoms with Crippen LogP contribution in [0.3, 0.4) is 0 Å². The third-order valence-corrected chi connectivity index (χ3v) is 1.47. The average molecular weight is 172 g/mol. The number of hydrogen-bond acceptors (Lipinski definition) is 2. The van der Waals surface area contributed by atoms with Gasteiger partial charge in [0.2, 0.25) is 0 Å². The van der Waals surface area contributed by atoms with Gasteiger partial charge in [-0.25, -0.2) is 0 Å². The molecule has 0 heterocycles. The molecule has 0 spiro atoms. The lowest BCUT2D eigenvalue weighted by molar-refractivity contribution is 0.0202. The molecule has 1 N–H and O–H groups in total. The van der Waals surface area contributed by atoms with Gasteiger partial charge in [-0.05, 0) is 40.5 Å². The van der Waals surface area contributed by atoms with Gasteiger partial charge in [-0.1, -0.05) is 0 Å². The molecule has 72 valence electrons. The molecule has 0 fully saturated rings. The normalized spacial score (nSPS) is 13.4. The van der Waals surface area contributed by atoms with Crippen LogP contribution in [0.5, 0.6) is 0 Å². The van der Waals surface area contributed by atoms with Gasteiger partial charge >= 0.3 is 0 Å². The Hall–Kier alpha value is -0.0151. The lowest BCUT2D eigenvalue weighted by Crippen LogP contribution is -2.26. The summed E-state index contributed by atoms with van der Waals surface area (Å²) in [5.74, 6) is 0. The Morgan fingerprint density at radius 2 is 1.75 bits per heavy atom. The minimum absolute atomic E-state index is 0.0560. The molecule has 0 aliphatic rings. The summed E-state index contributed by atoms with van der Waals surface area (Å²) in [5.41, 5.74) is -0.610. The van der Waals surface area contributed by atoms with Gasteiger partial charge in [0.25, 0.3) is 0 Å². The van der Waals surface area contributed by atoms with E-state index < -0.39 is 5.60 Å². The number of hydrogen-bond donors (Lipinski definition) is 1. The maximum atomic E-state index is 9.39. The van der Waals surface area contributed by atoms with Crippen molar-refractivity contribution in [2.75, 3.05) is 6.61 Å². The molecule has 0 radical (unpaired) electrons. The first-order valence-electron chi connectivity index (χ1n) is 4.57. The molecule has 0 bridgehead atoms. The highest BCUT2D eigenvalue weighted by Gasteiger charge is 2.13. The largest absolute Gasteiger partial charge is 0.390 e. The summed E-state index contributed by atoms with van der Waals surface area (Å²) in [6.07, 6.45) is 1.71. The molecule has 0 saturated carbocycles. The van der Waals surface area contributed by atoms with Gasteiger partial charge in [0, 0.05) is 12.1 Å². The summed E-state index contributed by atoms with van der Waals surface area (Å²) in [4.78, 5) is 0. The number of aliphatic hydroxyl groups is 1. The van der Waals surface area contributed by atoms with Crippen LogP contribution < -0.4 is 0 Å². The average Bonchev–Trinajstić information content (AvgIpc) is 1.76. The molecule has 0 unspecified atom stereocenters. The van der Waals surface area contributed by atoms with E-state index in [4.69, 9.17) is 4.74 Å². The Morgan fingerprint density at radius 1 is 1.25 bits per heavy atom. The van der Waals surface area contributed by atoms with Gasteiger partial charge in [0.05, 0.1) is 5.60 Å². The standard InChI is InChI=1S/C9H21BO2/c1-8(2,11)6-5-7-12-9(3,4)10/h11H,5-7,10H2,1-4H3. The fraction of sp³-hybridized carbons (Fsp3) is 1.00. The van der Waals surface area contributed by atoms with Crippen LogP contribution in [0.15, 0.2) is 0 Å². The van der Waals surface area contributed by atoms with Crippen LogP contribution in [0, 0.1) is 0 Å². The van der Waals surface area contributed by atoms with Crippen molar-refractivity contribution in [1.29, 1.82) is 0 Å². The van der Waals surface area contributed by atoms with E-state index in [0.717, 1.165) is 19.4 Å². The van der Waals surface area contributed by atoms with Gasteiger partial charge in [-0.15, -0.1) is 0 Å². The van der Waals surface area contributed by atoms with Crippen LogP contribution in [0.25, 0.3) is 0 Å². The molecular weight excluding hydrogens is 151 g/mol. The highest BCUT2D eigenvalue weighted by molar-refractivity contribution is 6.13. The van der Waals surface area contributed by atoms with E-state index in [-0.39, 0.29) is 5.50 Å². The second kappa shape index (κ2) is 4.29. The molecule has 0 atom stereocenters. The summed E-state index contributed by atoms with van der Waals surface area (Å²) < 4.78 is 5.51. The highest BCUT2D eigenvalue weighted by Crippen LogP contribution is 2.11. The molecule has 3 heteroatoms. The van der Waals surface area contributed by atoms with Crippen molar-refractivity contribution < 1.29 is 9.84 Å². The zero-order valence-corrected chi connectivity index (χ0v) is 8.98. The number of rotatable bonds is 5. The second-order valence-corrected chi connectivity index (χ2v) is 4.88. The van der Waals surface area contributed by atoms with Crippen LogP contribution in [0.2, 0.25) is 0 Å². The summed E-state index contributed by atoms with van der Waals surface area (Å²) >= 11 is 0. The van der Waals surface area contributed by atoms with E-state index in [9.17, 15) is 5.11 Å². The van der Waals surface area contributed by atoms with Crippen LogP contribution in [0.1, 0.15) is 40.5 Å². The first kappa shape index (κ1) is 12.0. The van der Waals surface area contributed by atoms with Crippen molar-refractivity contribution in [3.8, 4) is 0 Å². The van der Waals surface area contributed by atoms with Crippen molar-refractivity contribution in [3.05, 3.63) is 0 Å². The quantitative estimate of drug-likeness (QED) is 0.493. The predicted octanol–water partition coefficient (Wildman–Crippen LogP) is 0.923. The first-order chi connectivity index (χ1) is 5.21. The summed E-state index contributed by atoms with van der Waals surface area (Å²) in [6.45, 7) is 8.45. The van der Waals surface area contributed by atoms with E-state index in [0.29, 0.717) is 0 Å². The Bertz CT molecular complexity index is 105. The Balaban J connectivity index is 3.35. The summed E-state index contributed by atoms with van der Waals surface area (Å²) in [7, 11) is 2.04. The van der Waals surface area contributed by atoms with E-state index in [1.807, 2.05) is 35.5 Å². The molecule has 2 nitrogen and oxygen atoms in total. The monoisotopic (exact) mass is 172 g/mol. The predicted molar refractivity (Wildman–Crippen MR) is 54.1 cm³/mol. The fourth-order valence-electron chi connectivity index (χ4n) is 0.883. The molecule has 12 heavy (non-hydrogen) atoms. The molecule has 0 saturated heterocycles. The third kappa shape index (κ3) is 9.98. The van der Waals surface area contributed by atoms with Gasteiger partial charge in [0.15, 0.2) is 0 Å². The molecule has 0 aromatic heterocycles. The summed E-state index contributed by atoms with van der Waals surface area (Å²) in [5, 5.41) is 9.39. The molecule has 0 rings (SSSR count). The smallest absolute Gasteiger partial charge is 0.142 e. The molecular formula is C9H21BO2. The van der Waals surface area contributed by atoms with E-state index in [1.165, 1.54) is 0 Å². The topological polar surface area (TPSA) is 29.5 Å². The second-order valence-electron chi connectivity index (χ2n) is 4.88. The van der Waals surface area contributed by atoms with Gasteiger partial charge < -0.3 is 9.84 Å². The Labute approximate surface area is 76.7 Å². The van der Waals surface area contributed by atoms with Crippen molar-refractivity contribution in [3.63, 3.8) is 0 Å². The van der Waals surface area contributed by atoms with E-state index >= 15 is 0 Å². The van der Waals surface area contributed by atoms with Crippen molar-refractivity contribution in [1.82, 2.24) is 0 Å². The molecule has 0 aliphatic heterocycles. The van der Waals surface area contributed by atoms with Crippen molar-refractivity contribution in [2.45, 2.75) is 51.6 Å². The van der Waals surface area contributed by atoms with Crippen LogP contribution in [0.4, 0.5) is 0 Å². The zero-order valence-electron chi connectivity index (χ0n) is 8.98. The van der Waals surface area contributed by atoms with Crippen LogP contribution in [-0.2, 0) is 4.74 Å². The maximum Gasteiger partial charge on any atom is 0.142 e. The van der Waals surface area contributed by atoms with Gasteiger partial charge in [-0.3, -0.25) is 0 Å². The van der Waals surface area contributed by atoms with Crippen molar-refractivity contribution in [2.24, 2.45) is 0 Å². The lowest BCUT2D eigenvalue weighted by Gasteiger charge is -2.21. The van der Waals surface area contributed by atoms with Crippen LogP contribution in [-0.4, -0.2) is 30.7 Å². The first-order valence-corrected chi connectivity index (χ1v) is 4.57. The van der Waals surface area contributed by atoms with Gasteiger partial charge in [-0.2, -0.15) is 0 Å². The Morgan fingerprint density at radius 3 is 2.08 bits per heavy atom. The highest BCUT2D eigenvalue weighted by atomic mass is 16.5. The molecule has 0 aromatic carbocycles. The van der Waals surface area contributed by atoms with Crippen LogP contribution >= 0.6 is 0 Å². The molecule has 0 aromatic rings. The maximum absolute atomic E-state index is 9.39. The minimum Gasteiger partial charge on any atom is -0.390 e. The summed E-state index contributed by atoms with van der Waals surface area (Å²) in [6, 6.07) is 0. The number of ether oxygens (including phenoxy) is 1. The third-order valence-electron chi connectivity index (χ3n) is 1.47. The fourth-order valence-corrected chi connectivity index (χ4v) is 0.883. The molecule has 0 amide bonds. The van der Waals surface area contributed by atoms with E-state index in [1.54, 1.807) is 0 Å². The van der Waals surface area contributed by atoms with E-state index in [2.05, 4.69) is 0 Å². The van der Waals surface area contributed by atoms with Crippen molar-refractivity contribution >= 4 is 7.85 Å². The SMILES string of the molecule is BC(C)(C)OCCCC(C)(C)O. The zero-order chi connectivity index (χ0) is 9.83. The molecule has 0 aliphatic carbocycles.